The lowest BCUT2D eigenvalue weighted by Gasteiger charge is -2.05. The summed E-state index contributed by atoms with van der Waals surface area (Å²) in [7, 11) is 0. The van der Waals surface area contributed by atoms with Gasteiger partial charge in [-0.3, -0.25) is 19.1 Å². The van der Waals surface area contributed by atoms with Crippen LogP contribution in [0.5, 0.6) is 0 Å². The van der Waals surface area contributed by atoms with E-state index < -0.39 is 23.7 Å². The van der Waals surface area contributed by atoms with Gasteiger partial charge >= 0.3 is 5.97 Å². The minimum absolute atomic E-state index is 0.107. The van der Waals surface area contributed by atoms with Crippen molar-refractivity contribution in [3.05, 3.63) is 12.4 Å². The molecule has 17 heavy (non-hydrogen) atoms. The molecule has 0 spiro atoms. The third-order valence-electron chi connectivity index (χ3n) is 1.98. The van der Waals surface area contributed by atoms with Crippen LogP contribution in [0.15, 0.2) is 12.4 Å². The summed E-state index contributed by atoms with van der Waals surface area (Å²) in [5.74, 6) is -3.59. The predicted molar refractivity (Wildman–Crippen MR) is 56.9 cm³/mol. The van der Waals surface area contributed by atoms with Gasteiger partial charge in [-0.15, -0.1) is 0 Å². The number of nitrogens with one attached hydrogen (secondary N) is 1. The highest BCUT2D eigenvalue weighted by Gasteiger charge is 2.20. The first kappa shape index (κ1) is 12.7. The summed E-state index contributed by atoms with van der Waals surface area (Å²) in [6.45, 7) is 1.16. The zero-order valence-corrected chi connectivity index (χ0v) is 9.08. The molecule has 0 saturated carbocycles. The Morgan fingerprint density at radius 3 is 2.76 bits per heavy atom. The molecule has 8 heteroatoms. The number of nitrogens with zero attached hydrogens (tertiary/aromatic N) is 2. The summed E-state index contributed by atoms with van der Waals surface area (Å²) < 4.78 is 1.24. The van der Waals surface area contributed by atoms with Crippen molar-refractivity contribution in [1.82, 2.24) is 9.78 Å². The van der Waals surface area contributed by atoms with Crippen molar-refractivity contribution in [3.63, 3.8) is 0 Å². The summed E-state index contributed by atoms with van der Waals surface area (Å²) in [6, 6.07) is 0. The molecule has 0 saturated heterocycles. The molecule has 8 nitrogen and oxygen atoms in total. The first-order valence-electron chi connectivity index (χ1n) is 4.74. The molecule has 1 aromatic heterocycles. The maximum Gasteiger partial charge on any atom is 0.315 e. The predicted octanol–water partition coefficient (Wildman–Crippen LogP) is -0.972. The Morgan fingerprint density at radius 1 is 1.59 bits per heavy atom. The lowest BCUT2D eigenvalue weighted by atomic mass is 10.2. The number of carboxylic acid groups (broad SMARTS) is 1. The molecule has 1 heterocycles. The fourth-order valence-electron chi connectivity index (χ4n) is 1.04. The van der Waals surface area contributed by atoms with Gasteiger partial charge in [0.25, 0.3) is 0 Å². The van der Waals surface area contributed by atoms with Gasteiger partial charge in [0, 0.05) is 6.20 Å². The van der Waals surface area contributed by atoms with Crippen LogP contribution in [0.1, 0.15) is 6.92 Å². The van der Waals surface area contributed by atoms with Crippen LogP contribution in [-0.2, 0) is 20.9 Å². The van der Waals surface area contributed by atoms with Crippen molar-refractivity contribution in [2.45, 2.75) is 13.5 Å². The summed E-state index contributed by atoms with van der Waals surface area (Å²) >= 11 is 0. The van der Waals surface area contributed by atoms with Crippen molar-refractivity contribution < 1.29 is 19.5 Å². The Bertz CT molecular complexity index is 454. The normalized spacial score (nSPS) is 11.8. The lowest BCUT2D eigenvalue weighted by Crippen LogP contribution is -2.26. The second-order valence-corrected chi connectivity index (χ2v) is 3.44. The molecular weight excluding hydrogens is 228 g/mol. The molecule has 92 valence electrons. The van der Waals surface area contributed by atoms with E-state index in [0.717, 1.165) is 0 Å². The largest absolute Gasteiger partial charge is 0.481 e. The smallest absolute Gasteiger partial charge is 0.315 e. The minimum atomic E-state index is -1.22. The van der Waals surface area contributed by atoms with Gasteiger partial charge in [0.1, 0.15) is 12.5 Å². The highest BCUT2D eigenvalue weighted by Crippen LogP contribution is 2.07. The number of hydrogen-bond donors (Lipinski definition) is 3. The molecule has 1 rings (SSSR count). The second-order valence-electron chi connectivity index (χ2n) is 3.44. The van der Waals surface area contributed by atoms with E-state index in [4.69, 9.17) is 10.8 Å². The van der Waals surface area contributed by atoms with Crippen LogP contribution in [0.25, 0.3) is 0 Å². The van der Waals surface area contributed by atoms with E-state index in [1.54, 1.807) is 0 Å². The SMILES string of the molecule is CC(C(=O)O)C(=O)Nc1cnn(CC(N)=O)c1. The monoisotopic (exact) mass is 240 g/mol. The van der Waals surface area contributed by atoms with Crippen LogP contribution in [0.4, 0.5) is 5.69 Å². The van der Waals surface area contributed by atoms with E-state index in [2.05, 4.69) is 10.4 Å². The quantitative estimate of drug-likeness (QED) is 0.570. The molecule has 0 fully saturated rings. The summed E-state index contributed by atoms with van der Waals surface area (Å²) in [6.07, 6.45) is 2.69. The number of carbonyl (C=O) groups is 3. The standard InChI is InChI=1S/C9H12N4O4/c1-5(9(16)17)8(15)12-6-2-11-13(3-6)4-7(10)14/h2-3,5H,4H2,1H3,(H2,10,14)(H,12,15)(H,16,17). The van der Waals surface area contributed by atoms with Gasteiger partial charge in [-0.2, -0.15) is 5.10 Å². The fraction of sp³-hybridized carbons (Fsp3) is 0.333. The van der Waals surface area contributed by atoms with Gasteiger partial charge in [0.15, 0.2) is 0 Å². The molecule has 0 bridgehead atoms. The maximum atomic E-state index is 11.4. The van der Waals surface area contributed by atoms with E-state index in [-0.39, 0.29) is 6.54 Å². The average molecular weight is 240 g/mol. The van der Waals surface area contributed by atoms with Gasteiger partial charge < -0.3 is 16.2 Å². The van der Waals surface area contributed by atoms with Crippen molar-refractivity contribution in [1.29, 1.82) is 0 Å². The maximum absolute atomic E-state index is 11.4. The second kappa shape index (κ2) is 5.10. The van der Waals surface area contributed by atoms with Crippen molar-refractivity contribution >= 4 is 23.5 Å². The van der Waals surface area contributed by atoms with Crippen LogP contribution < -0.4 is 11.1 Å². The first-order chi connectivity index (χ1) is 7.90. The molecule has 1 unspecified atom stereocenters. The molecule has 2 amide bonds. The third-order valence-corrected chi connectivity index (χ3v) is 1.98. The molecule has 0 radical (unpaired) electrons. The highest BCUT2D eigenvalue weighted by atomic mass is 16.4. The van der Waals surface area contributed by atoms with Gasteiger partial charge in [0.05, 0.1) is 11.9 Å². The molecule has 0 aliphatic heterocycles. The van der Waals surface area contributed by atoms with E-state index in [1.807, 2.05) is 0 Å². The first-order valence-corrected chi connectivity index (χ1v) is 4.74. The van der Waals surface area contributed by atoms with Crippen LogP contribution in [0, 0.1) is 5.92 Å². The number of aliphatic carboxylic acids is 1. The third kappa shape index (κ3) is 3.59. The van der Waals surface area contributed by atoms with Gasteiger partial charge in [-0.05, 0) is 6.92 Å². The number of nitrogens with two attached hydrogens (primary N) is 1. The molecule has 1 aromatic rings. The average Bonchev–Trinajstić information content (AvgIpc) is 2.63. The van der Waals surface area contributed by atoms with E-state index in [1.165, 1.54) is 24.0 Å². The van der Waals surface area contributed by atoms with Crippen molar-refractivity contribution in [3.8, 4) is 0 Å². The zero-order chi connectivity index (χ0) is 13.0. The van der Waals surface area contributed by atoms with Crippen LogP contribution >= 0.6 is 0 Å². The molecule has 0 aromatic carbocycles. The van der Waals surface area contributed by atoms with Crippen LogP contribution in [0.2, 0.25) is 0 Å². The van der Waals surface area contributed by atoms with Crippen molar-refractivity contribution in [2.24, 2.45) is 11.7 Å². The molecule has 4 N–H and O–H groups in total. The molecule has 0 aliphatic rings. The molecular formula is C9H12N4O4. The number of rotatable bonds is 5. The van der Waals surface area contributed by atoms with Crippen LogP contribution in [0.3, 0.4) is 0 Å². The number of hydrogen-bond acceptors (Lipinski definition) is 4. The minimum Gasteiger partial charge on any atom is -0.481 e. The fourth-order valence-corrected chi connectivity index (χ4v) is 1.04. The Balaban J connectivity index is 2.63. The summed E-state index contributed by atoms with van der Waals surface area (Å²) in [5, 5.41) is 14.7. The lowest BCUT2D eigenvalue weighted by molar-refractivity contribution is -0.144. The van der Waals surface area contributed by atoms with Crippen molar-refractivity contribution in [2.75, 3.05) is 5.32 Å². The summed E-state index contributed by atoms with van der Waals surface area (Å²) in [4.78, 5) is 32.5. The Labute approximate surface area is 96.4 Å². The topological polar surface area (TPSA) is 127 Å². The number of carbonyl (C=O) groups excluding carboxylic acids is 2. The number of anilines is 1. The molecule has 0 aliphatic carbocycles. The zero-order valence-electron chi connectivity index (χ0n) is 9.08. The Kier molecular flexibility index (Phi) is 3.81. The van der Waals surface area contributed by atoms with E-state index >= 15 is 0 Å². The highest BCUT2D eigenvalue weighted by molar-refractivity contribution is 6.03. The number of aromatic nitrogens is 2. The Morgan fingerprint density at radius 2 is 2.24 bits per heavy atom. The summed E-state index contributed by atoms with van der Waals surface area (Å²) in [5.41, 5.74) is 5.27. The van der Waals surface area contributed by atoms with Gasteiger partial charge in [-0.1, -0.05) is 0 Å². The van der Waals surface area contributed by atoms with Gasteiger partial charge in [-0.25, -0.2) is 0 Å². The van der Waals surface area contributed by atoms with E-state index in [9.17, 15) is 14.4 Å². The van der Waals surface area contributed by atoms with E-state index in [0.29, 0.717) is 5.69 Å². The van der Waals surface area contributed by atoms with Crippen LogP contribution in [-0.4, -0.2) is 32.7 Å². The number of carboxylic acids is 1. The van der Waals surface area contributed by atoms with Gasteiger partial charge in [0.2, 0.25) is 11.8 Å². The number of amides is 2. The molecule has 1 atom stereocenters. The number of primary amides is 1. The Hall–Kier alpha value is -2.38.